The Hall–Kier alpha value is -5.73. The summed E-state index contributed by atoms with van der Waals surface area (Å²) in [6.45, 7) is 8.51. The van der Waals surface area contributed by atoms with Crippen molar-refractivity contribution >= 4 is 0 Å². The van der Waals surface area contributed by atoms with Gasteiger partial charge in [0.1, 0.15) is 0 Å². The van der Waals surface area contributed by atoms with Crippen LogP contribution in [0.4, 0.5) is 0 Å². The fourth-order valence-electron chi connectivity index (χ4n) is 6.70. The van der Waals surface area contributed by atoms with E-state index < -0.39 is 0 Å². The average Bonchev–Trinajstić information content (AvgIpc) is 3.19. The summed E-state index contributed by atoms with van der Waals surface area (Å²) in [4.78, 5) is 9.15. The topological polar surface area (TPSA) is 25.8 Å². The van der Waals surface area contributed by atoms with Crippen molar-refractivity contribution in [3.63, 3.8) is 0 Å². The number of benzene rings is 6. The molecular weight excluding hydrogens is 821 g/mol. The van der Waals surface area contributed by atoms with Crippen molar-refractivity contribution in [1.29, 1.82) is 0 Å². The molecule has 2 heterocycles. The van der Waals surface area contributed by atoms with Crippen LogP contribution in [0.3, 0.4) is 0 Å². The van der Waals surface area contributed by atoms with Crippen molar-refractivity contribution in [1.82, 2.24) is 9.97 Å². The van der Waals surface area contributed by atoms with E-state index in [1.807, 2.05) is 42.7 Å². The first-order valence-corrected chi connectivity index (χ1v) is 17.6. The van der Waals surface area contributed by atoms with Crippen LogP contribution in [0.5, 0.6) is 0 Å². The minimum atomic E-state index is 0. The van der Waals surface area contributed by atoms with E-state index in [9.17, 15) is 0 Å². The maximum Gasteiger partial charge on any atom is 0.0239 e. The van der Waals surface area contributed by atoms with Crippen LogP contribution in [0.15, 0.2) is 170 Å². The number of aromatic nitrogens is 2. The van der Waals surface area contributed by atoms with E-state index in [-0.39, 0.29) is 20.1 Å². The van der Waals surface area contributed by atoms with Crippen LogP contribution in [-0.2, 0) is 20.1 Å². The molecule has 0 spiro atoms. The van der Waals surface area contributed by atoms with Crippen LogP contribution in [-0.4, -0.2) is 9.97 Å². The number of hydrogen-bond acceptors (Lipinski definition) is 2. The van der Waals surface area contributed by atoms with Gasteiger partial charge in [0, 0.05) is 32.5 Å². The third-order valence-corrected chi connectivity index (χ3v) is 9.20. The summed E-state index contributed by atoms with van der Waals surface area (Å²) in [6.07, 6.45) is 3.86. The monoisotopic (exact) mass is 861 g/mol. The quantitative estimate of drug-likeness (QED) is 0.156. The number of pyridine rings is 2. The van der Waals surface area contributed by atoms with Crippen molar-refractivity contribution in [3.05, 3.63) is 205 Å². The second-order valence-corrected chi connectivity index (χ2v) is 13.2. The van der Waals surface area contributed by atoms with Gasteiger partial charge in [0.05, 0.1) is 0 Å². The summed E-state index contributed by atoms with van der Waals surface area (Å²) in [6, 6.07) is 61.5. The molecule has 0 saturated carbocycles. The Bertz CT molecular complexity index is 2390. The molecule has 261 valence electrons. The molecule has 1 radical (unpaired) electrons. The fourth-order valence-corrected chi connectivity index (χ4v) is 6.70. The predicted octanol–water partition coefficient (Wildman–Crippen LogP) is 13.0. The van der Waals surface area contributed by atoms with E-state index in [0.29, 0.717) is 0 Å². The van der Waals surface area contributed by atoms with E-state index in [4.69, 9.17) is 0 Å². The smallest absolute Gasteiger partial charge is 0.0239 e. The third kappa shape index (κ3) is 9.02. The largest absolute Gasteiger partial charge is 0.304 e. The Morgan fingerprint density at radius 3 is 1.51 bits per heavy atom. The molecular formula is C50H40IrN2-2. The summed E-state index contributed by atoms with van der Waals surface area (Å²) in [5.74, 6) is 0. The summed E-state index contributed by atoms with van der Waals surface area (Å²) in [7, 11) is 0. The first-order chi connectivity index (χ1) is 25.4. The molecule has 0 bridgehead atoms. The molecule has 2 nitrogen and oxygen atoms in total. The van der Waals surface area contributed by atoms with Crippen molar-refractivity contribution in [2.24, 2.45) is 0 Å². The molecule has 0 saturated heterocycles. The summed E-state index contributed by atoms with van der Waals surface area (Å²) in [5.41, 5.74) is 18.7. The van der Waals surface area contributed by atoms with Gasteiger partial charge >= 0.3 is 0 Å². The van der Waals surface area contributed by atoms with Gasteiger partial charge in [-0.3, -0.25) is 0 Å². The van der Waals surface area contributed by atoms with Crippen LogP contribution in [0.1, 0.15) is 22.3 Å². The molecule has 0 aliphatic rings. The first kappa shape index (κ1) is 37.0. The van der Waals surface area contributed by atoms with Gasteiger partial charge in [-0.1, -0.05) is 109 Å². The Labute approximate surface area is 327 Å². The molecule has 3 heteroatoms. The van der Waals surface area contributed by atoms with E-state index in [1.165, 1.54) is 55.6 Å². The van der Waals surface area contributed by atoms with Crippen LogP contribution < -0.4 is 0 Å². The van der Waals surface area contributed by atoms with Gasteiger partial charge in [-0.05, 0) is 107 Å². The number of rotatable bonds is 6. The minimum Gasteiger partial charge on any atom is -0.304 e. The summed E-state index contributed by atoms with van der Waals surface area (Å²) >= 11 is 0. The van der Waals surface area contributed by atoms with Crippen molar-refractivity contribution in [3.8, 4) is 67.0 Å². The molecule has 0 unspecified atom stereocenters. The Morgan fingerprint density at radius 1 is 0.377 bits per heavy atom. The Morgan fingerprint density at radius 2 is 0.925 bits per heavy atom. The van der Waals surface area contributed by atoms with Crippen LogP contribution in [0, 0.1) is 39.8 Å². The summed E-state index contributed by atoms with van der Waals surface area (Å²) in [5, 5.41) is 0. The zero-order chi connectivity index (χ0) is 35.9. The van der Waals surface area contributed by atoms with E-state index >= 15 is 0 Å². The molecule has 0 aliphatic carbocycles. The minimum absolute atomic E-state index is 0. The normalized spacial score (nSPS) is 10.5. The van der Waals surface area contributed by atoms with Crippen LogP contribution >= 0.6 is 0 Å². The van der Waals surface area contributed by atoms with Crippen LogP contribution in [0.2, 0.25) is 0 Å². The molecule has 8 rings (SSSR count). The zero-order valence-electron chi connectivity index (χ0n) is 30.4. The second-order valence-electron chi connectivity index (χ2n) is 13.2. The van der Waals surface area contributed by atoms with Crippen LogP contribution in [0.25, 0.3) is 67.0 Å². The van der Waals surface area contributed by atoms with E-state index in [2.05, 4.69) is 177 Å². The van der Waals surface area contributed by atoms with E-state index in [0.717, 1.165) is 33.6 Å². The fraction of sp³-hybridized carbons (Fsp3) is 0.0800. The second kappa shape index (κ2) is 17.2. The van der Waals surface area contributed by atoms with Gasteiger partial charge < -0.3 is 9.97 Å². The Balaban J connectivity index is 0.000000191. The SMILES string of the molecule is Cc1cc(C)c(-c2ccc(-c3[c-]cccc3)nc2)c(C)c1.Cc1ccc(-c2[c-]ccc(-c3cccc(-c4cccc(-c5ccccc5)c4)c3)c2)nc1.[Ir]. The van der Waals surface area contributed by atoms with Gasteiger partial charge in [0.25, 0.3) is 0 Å². The predicted molar refractivity (Wildman–Crippen MR) is 218 cm³/mol. The molecule has 0 N–H and O–H groups in total. The first-order valence-electron chi connectivity index (χ1n) is 17.6. The van der Waals surface area contributed by atoms with Gasteiger partial charge in [-0.2, -0.15) is 0 Å². The summed E-state index contributed by atoms with van der Waals surface area (Å²) < 4.78 is 0. The van der Waals surface area contributed by atoms with Gasteiger partial charge in [0.2, 0.25) is 0 Å². The molecule has 0 atom stereocenters. The van der Waals surface area contributed by atoms with Crippen molar-refractivity contribution < 1.29 is 20.1 Å². The molecule has 6 aromatic carbocycles. The number of aryl methyl sites for hydroxylation is 4. The molecule has 0 amide bonds. The molecule has 8 aromatic rings. The Kier molecular flexibility index (Phi) is 12.0. The standard InChI is InChI=1S/C30H22N.C20H18N.Ir/c1-22-16-17-30(31-21-22)29-15-7-14-28(20-29)27-13-6-12-26(19-27)25-11-5-10-24(18-25)23-8-3-2-4-9-23;1-14-11-15(2)20(16(3)12-14)18-9-10-19(21-13-18)17-7-5-4-6-8-17;/h2-14,16-21H,1H3;4-7,9-13H,1-3H3;/q2*-1;. The van der Waals surface area contributed by atoms with Crippen molar-refractivity contribution in [2.75, 3.05) is 0 Å². The third-order valence-electron chi connectivity index (χ3n) is 9.20. The molecule has 2 aromatic heterocycles. The number of hydrogen-bond donors (Lipinski definition) is 0. The zero-order valence-corrected chi connectivity index (χ0v) is 32.8. The molecule has 53 heavy (non-hydrogen) atoms. The molecule has 0 aliphatic heterocycles. The maximum atomic E-state index is 4.60. The average molecular weight is 861 g/mol. The van der Waals surface area contributed by atoms with Gasteiger partial charge in [-0.25, -0.2) is 0 Å². The van der Waals surface area contributed by atoms with Gasteiger partial charge in [0.15, 0.2) is 0 Å². The van der Waals surface area contributed by atoms with Crippen molar-refractivity contribution in [2.45, 2.75) is 27.7 Å². The van der Waals surface area contributed by atoms with Gasteiger partial charge in [-0.15, -0.1) is 71.3 Å². The molecule has 0 fully saturated rings. The van der Waals surface area contributed by atoms with E-state index in [1.54, 1.807) is 0 Å². The number of nitrogens with zero attached hydrogens (tertiary/aromatic N) is 2. The maximum absolute atomic E-state index is 4.60.